The molecule has 6 atom stereocenters. The lowest BCUT2D eigenvalue weighted by Crippen LogP contribution is -2.60. The van der Waals surface area contributed by atoms with E-state index in [1.165, 1.54) is 0 Å². The van der Waals surface area contributed by atoms with Crippen LogP contribution in [-0.4, -0.2) is 63.2 Å². The Morgan fingerprint density at radius 1 is 1.29 bits per heavy atom. The maximum atomic E-state index is 10.8. The van der Waals surface area contributed by atoms with Crippen LogP contribution in [0.3, 0.4) is 0 Å². The lowest BCUT2D eigenvalue weighted by Gasteiger charge is -2.39. The fourth-order valence-electron chi connectivity index (χ4n) is 1.49. The molecule has 1 heterocycles. The SMILES string of the molecule is CCC(C)O[C@@H]1OC(C(=O)O)[C@H](O)C(O)[C@@H]1O. The lowest BCUT2D eigenvalue weighted by molar-refractivity contribution is -0.303. The van der Waals surface area contributed by atoms with Gasteiger partial charge in [-0.15, -0.1) is 0 Å². The summed E-state index contributed by atoms with van der Waals surface area (Å²) < 4.78 is 10.2. The predicted molar refractivity (Wildman–Crippen MR) is 55.2 cm³/mol. The molecule has 1 aliphatic heterocycles. The normalized spacial score (nSPS) is 39.9. The third-order valence-corrected chi connectivity index (χ3v) is 2.75. The van der Waals surface area contributed by atoms with E-state index in [1.807, 2.05) is 6.92 Å². The van der Waals surface area contributed by atoms with Gasteiger partial charge in [0.05, 0.1) is 6.10 Å². The maximum Gasteiger partial charge on any atom is 0.335 e. The zero-order chi connectivity index (χ0) is 13.2. The minimum atomic E-state index is -1.68. The Labute approximate surface area is 98.6 Å². The molecule has 0 spiro atoms. The summed E-state index contributed by atoms with van der Waals surface area (Å²) >= 11 is 0. The zero-order valence-electron chi connectivity index (χ0n) is 9.68. The summed E-state index contributed by atoms with van der Waals surface area (Å²) in [6, 6.07) is 0. The van der Waals surface area contributed by atoms with Crippen molar-refractivity contribution in [1.82, 2.24) is 0 Å². The average Bonchev–Trinajstić information content (AvgIpc) is 2.29. The maximum absolute atomic E-state index is 10.8. The Morgan fingerprint density at radius 3 is 2.35 bits per heavy atom. The van der Waals surface area contributed by atoms with Gasteiger partial charge >= 0.3 is 5.97 Å². The molecule has 1 fully saturated rings. The minimum absolute atomic E-state index is 0.258. The first-order valence-corrected chi connectivity index (χ1v) is 5.46. The van der Waals surface area contributed by atoms with Crippen LogP contribution in [0.25, 0.3) is 0 Å². The Hall–Kier alpha value is -0.730. The molecular weight excluding hydrogens is 232 g/mol. The second-order valence-corrected chi connectivity index (χ2v) is 4.09. The molecule has 0 amide bonds. The smallest absolute Gasteiger partial charge is 0.335 e. The second kappa shape index (κ2) is 5.74. The third-order valence-electron chi connectivity index (χ3n) is 2.75. The van der Waals surface area contributed by atoms with Gasteiger partial charge in [0, 0.05) is 0 Å². The molecule has 0 aromatic rings. The van der Waals surface area contributed by atoms with E-state index in [2.05, 4.69) is 0 Å². The molecule has 0 aromatic heterocycles. The number of rotatable bonds is 4. The summed E-state index contributed by atoms with van der Waals surface area (Å²) in [5.74, 6) is -1.42. The topological polar surface area (TPSA) is 116 Å². The number of aliphatic hydroxyl groups is 3. The van der Waals surface area contributed by atoms with Crippen molar-refractivity contribution in [3.63, 3.8) is 0 Å². The molecule has 17 heavy (non-hydrogen) atoms. The number of hydrogen-bond acceptors (Lipinski definition) is 6. The van der Waals surface area contributed by atoms with E-state index in [0.29, 0.717) is 6.42 Å². The largest absolute Gasteiger partial charge is 0.479 e. The molecule has 1 saturated heterocycles. The van der Waals surface area contributed by atoms with E-state index in [4.69, 9.17) is 14.6 Å². The van der Waals surface area contributed by atoms with Gasteiger partial charge in [0.25, 0.3) is 0 Å². The Morgan fingerprint density at radius 2 is 1.88 bits per heavy atom. The van der Waals surface area contributed by atoms with E-state index >= 15 is 0 Å². The van der Waals surface area contributed by atoms with Crippen LogP contribution >= 0.6 is 0 Å². The molecule has 100 valence electrons. The Kier molecular flexibility index (Phi) is 4.84. The van der Waals surface area contributed by atoms with Gasteiger partial charge in [0.15, 0.2) is 12.4 Å². The predicted octanol–water partition coefficient (Wildman–Crippen LogP) is -1.31. The molecular formula is C10H18O7. The van der Waals surface area contributed by atoms with Gasteiger partial charge in [-0.2, -0.15) is 0 Å². The summed E-state index contributed by atoms with van der Waals surface area (Å²) in [7, 11) is 0. The highest BCUT2D eigenvalue weighted by Gasteiger charge is 2.47. The summed E-state index contributed by atoms with van der Waals surface area (Å²) in [5, 5.41) is 37.3. The van der Waals surface area contributed by atoms with Crippen molar-refractivity contribution >= 4 is 5.97 Å². The highest BCUT2D eigenvalue weighted by Crippen LogP contribution is 2.23. The van der Waals surface area contributed by atoms with Gasteiger partial charge < -0.3 is 29.9 Å². The van der Waals surface area contributed by atoms with Crippen molar-refractivity contribution < 1.29 is 34.7 Å². The molecule has 0 bridgehead atoms. The van der Waals surface area contributed by atoms with E-state index in [1.54, 1.807) is 6.92 Å². The van der Waals surface area contributed by atoms with Crippen LogP contribution in [0.2, 0.25) is 0 Å². The molecule has 4 N–H and O–H groups in total. The van der Waals surface area contributed by atoms with Crippen LogP contribution in [0, 0.1) is 0 Å². The number of aliphatic hydroxyl groups excluding tert-OH is 3. The van der Waals surface area contributed by atoms with Crippen LogP contribution < -0.4 is 0 Å². The number of carboxylic acids is 1. The van der Waals surface area contributed by atoms with Crippen molar-refractivity contribution in [2.24, 2.45) is 0 Å². The highest BCUT2D eigenvalue weighted by atomic mass is 16.7. The standard InChI is InChI=1S/C10H18O7/c1-3-4(2)16-10-7(13)5(11)6(12)8(17-10)9(14)15/h4-8,10-13H,3H2,1-2H3,(H,14,15)/t4?,5?,6-,7+,8?,10-/m1/s1. The Balaban J connectivity index is 2.74. The first kappa shape index (κ1) is 14.3. The number of carbonyl (C=O) groups is 1. The summed E-state index contributed by atoms with van der Waals surface area (Å²) in [4.78, 5) is 10.8. The molecule has 7 heteroatoms. The van der Waals surface area contributed by atoms with Gasteiger partial charge in [-0.25, -0.2) is 4.79 Å². The first-order valence-electron chi connectivity index (χ1n) is 5.46. The van der Waals surface area contributed by atoms with Crippen molar-refractivity contribution in [2.75, 3.05) is 0 Å². The second-order valence-electron chi connectivity index (χ2n) is 4.09. The quantitative estimate of drug-likeness (QED) is 0.489. The molecule has 0 radical (unpaired) electrons. The van der Waals surface area contributed by atoms with Crippen LogP contribution in [0.1, 0.15) is 20.3 Å². The molecule has 0 aliphatic carbocycles. The first-order chi connectivity index (χ1) is 7.88. The highest BCUT2D eigenvalue weighted by molar-refractivity contribution is 5.73. The lowest BCUT2D eigenvalue weighted by atomic mass is 9.99. The molecule has 7 nitrogen and oxygen atoms in total. The zero-order valence-corrected chi connectivity index (χ0v) is 9.68. The summed E-state index contributed by atoms with van der Waals surface area (Å²) in [5.41, 5.74) is 0. The molecule has 1 aliphatic rings. The van der Waals surface area contributed by atoms with E-state index in [0.717, 1.165) is 0 Å². The molecule has 0 saturated carbocycles. The summed E-state index contributed by atoms with van der Waals surface area (Å²) in [6.45, 7) is 3.57. The van der Waals surface area contributed by atoms with E-state index < -0.39 is 36.7 Å². The van der Waals surface area contributed by atoms with Gasteiger partial charge in [0.1, 0.15) is 18.3 Å². The monoisotopic (exact) mass is 250 g/mol. The number of hydrogen-bond donors (Lipinski definition) is 4. The fourth-order valence-corrected chi connectivity index (χ4v) is 1.49. The van der Waals surface area contributed by atoms with Crippen molar-refractivity contribution in [1.29, 1.82) is 0 Å². The molecule has 0 aromatic carbocycles. The average molecular weight is 250 g/mol. The Bertz CT molecular complexity index is 269. The fraction of sp³-hybridized carbons (Fsp3) is 0.900. The van der Waals surface area contributed by atoms with Crippen LogP contribution in [-0.2, 0) is 14.3 Å². The van der Waals surface area contributed by atoms with Crippen LogP contribution in [0.4, 0.5) is 0 Å². The minimum Gasteiger partial charge on any atom is -0.479 e. The van der Waals surface area contributed by atoms with Crippen LogP contribution in [0.15, 0.2) is 0 Å². The number of aliphatic carboxylic acids is 1. The summed E-state index contributed by atoms with van der Waals surface area (Å²) in [6.07, 6.45) is -7.26. The van der Waals surface area contributed by atoms with Gasteiger partial charge in [-0.3, -0.25) is 0 Å². The molecule has 1 rings (SSSR count). The number of ether oxygens (including phenoxy) is 2. The van der Waals surface area contributed by atoms with Crippen molar-refractivity contribution in [3.8, 4) is 0 Å². The van der Waals surface area contributed by atoms with E-state index in [-0.39, 0.29) is 6.10 Å². The number of carboxylic acid groups (broad SMARTS) is 1. The van der Waals surface area contributed by atoms with Crippen LogP contribution in [0.5, 0.6) is 0 Å². The third kappa shape index (κ3) is 3.14. The van der Waals surface area contributed by atoms with Gasteiger partial charge in [0.2, 0.25) is 0 Å². The van der Waals surface area contributed by atoms with Crippen molar-refractivity contribution in [2.45, 2.75) is 57.1 Å². The molecule has 3 unspecified atom stereocenters. The van der Waals surface area contributed by atoms with Crippen molar-refractivity contribution in [3.05, 3.63) is 0 Å². The van der Waals surface area contributed by atoms with Gasteiger partial charge in [-0.1, -0.05) is 6.92 Å². The van der Waals surface area contributed by atoms with Gasteiger partial charge in [-0.05, 0) is 13.3 Å². The van der Waals surface area contributed by atoms with E-state index in [9.17, 15) is 20.1 Å².